The van der Waals surface area contributed by atoms with Crippen LogP contribution >= 0.6 is 0 Å². The Kier molecular flexibility index (Phi) is 8.24. The van der Waals surface area contributed by atoms with Crippen LogP contribution in [-0.2, 0) is 11.2 Å². The Morgan fingerprint density at radius 1 is 1.09 bits per heavy atom. The maximum atomic E-state index is 12.6. The number of carbonyl (C=O) groups is 2. The molecule has 2 aromatic carbocycles. The topological polar surface area (TPSA) is 79.9 Å². The van der Waals surface area contributed by atoms with Gasteiger partial charge in [0.1, 0.15) is 0 Å². The second kappa shape index (κ2) is 11.3. The van der Waals surface area contributed by atoms with Crippen molar-refractivity contribution in [3.63, 3.8) is 0 Å². The van der Waals surface area contributed by atoms with Gasteiger partial charge in [-0.25, -0.2) is 4.79 Å². The third kappa shape index (κ3) is 6.57. The average Bonchev–Trinajstić information content (AvgIpc) is 2.79. The fraction of sp³-hybridized carbons (Fsp3) is 0.391. The Morgan fingerprint density at radius 3 is 2.47 bits per heavy atom. The number of likely N-dealkylation sites (tertiary alicyclic amines) is 1. The molecule has 9 heteroatoms. The summed E-state index contributed by atoms with van der Waals surface area (Å²) in [7, 11) is 1.38. The molecule has 3 rings (SSSR count). The summed E-state index contributed by atoms with van der Waals surface area (Å²) in [5.41, 5.74) is 1.48. The zero-order chi connectivity index (χ0) is 22.9. The minimum atomic E-state index is -2.94. The van der Waals surface area contributed by atoms with Crippen molar-refractivity contribution < 1.29 is 27.8 Å². The van der Waals surface area contributed by atoms with Crippen molar-refractivity contribution in [3.8, 4) is 11.5 Å². The van der Waals surface area contributed by atoms with Crippen LogP contribution in [0.25, 0.3) is 0 Å². The molecule has 3 amide bonds. The molecule has 0 aliphatic carbocycles. The van der Waals surface area contributed by atoms with Crippen molar-refractivity contribution in [2.45, 2.75) is 25.9 Å². The Morgan fingerprint density at radius 2 is 1.81 bits per heavy atom. The van der Waals surface area contributed by atoms with E-state index in [1.165, 1.54) is 13.2 Å². The van der Waals surface area contributed by atoms with Gasteiger partial charge in [0.2, 0.25) is 5.91 Å². The fourth-order valence-corrected chi connectivity index (χ4v) is 3.61. The molecular weight excluding hydrogens is 420 g/mol. The highest BCUT2D eigenvalue weighted by Gasteiger charge is 2.27. The molecule has 0 atom stereocenters. The van der Waals surface area contributed by atoms with Crippen molar-refractivity contribution in [1.29, 1.82) is 0 Å². The van der Waals surface area contributed by atoms with Gasteiger partial charge in [0, 0.05) is 31.2 Å². The third-order valence-electron chi connectivity index (χ3n) is 5.34. The summed E-state index contributed by atoms with van der Waals surface area (Å²) in [6, 6.07) is 13.9. The number of benzene rings is 2. The lowest BCUT2D eigenvalue weighted by molar-refractivity contribution is -0.126. The van der Waals surface area contributed by atoms with E-state index in [2.05, 4.69) is 15.4 Å². The summed E-state index contributed by atoms with van der Waals surface area (Å²) in [6.07, 6.45) is 1.64. The van der Waals surface area contributed by atoms with Gasteiger partial charge >= 0.3 is 12.6 Å². The van der Waals surface area contributed by atoms with E-state index in [4.69, 9.17) is 4.74 Å². The summed E-state index contributed by atoms with van der Waals surface area (Å²) in [4.78, 5) is 26.6. The maximum Gasteiger partial charge on any atom is 0.387 e. The van der Waals surface area contributed by atoms with Crippen LogP contribution in [0.5, 0.6) is 11.5 Å². The number of hydrogen-bond acceptors (Lipinski definition) is 4. The molecule has 2 aromatic rings. The van der Waals surface area contributed by atoms with E-state index in [1.807, 2.05) is 30.3 Å². The largest absolute Gasteiger partial charge is 0.493 e. The number of halogens is 2. The zero-order valence-electron chi connectivity index (χ0n) is 17.9. The minimum absolute atomic E-state index is 0.0347. The summed E-state index contributed by atoms with van der Waals surface area (Å²) >= 11 is 0. The molecule has 1 saturated heterocycles. The van der Waals surface area contributed by atoms with Gasteiger partial charge in [-0.05, 0) is 49.1 Å². The minimum Gasteiger partial charge on any atom is -0.493 e. The van der Waals surface area contributed by atoms with Gasteiger partial charge in [0.25, 0.3) is 0 Å². The molecular formula is C23H27F2N3O4. The molecule has 0 bridgehead atoms. The molecule has 172 valence electrons. The lowest BCUT2D eigenvalue weighted by Crippen LogP contribution is -2.44. The lowest BCUT2D eigenvalue weighted by atomic mass is 9.96. The van der Waals surface area contributed by atoms with E-state index >= 15 is 0 Å². The lowest BCUT2D eigenvalue weighted by Gasteiger charge is -2.31. The number of ether oxygens (including phenoxy) is 2. The van der Waals surface area contributed by atoms with Crippen molar-refractivity contribution in [3.05, 3.63) is 54.1 Å². The van der Waals surface area contributed by atoms with Crippen LogP contribution in [0, 0.1) is 5.92 Å². The van der Waals surface area contributed by atoms with Gasteiger partial charge in [0.05, 0.1) is 7.11 Å². The number of methoxy groups -OCH3 is 1. The van der Waals surface area contributed by atoms with Crippen LogP contribution in [0.15, 0.2) is 48.5 Å². The molecule has 0 aromatic heterocycles. The Bertz CT molecular complexity index is 903. The number of alkyl halides is 2. The number of carbonyl (C=O) groups excluding carboxylic acids is 2. The smallest absolute Gasteiger partial charge is 0.387 e. The Balaban J connectivity index is 1.42. The predicted molar refractivity (Wildman–Crippen MR) is 116 cm³/mol. The van der Waals surface area contributed by atoms with Crippen LogP contribution in [0.3, 0.4) is 0 Å². The summed E-state index contributed by atoms with van der Waals surface area (Å²) in [5, 5.41) is 5.75. The van der Waals surface area contributed by atoms with E-state index < -0.39 is 6.61 Å². The normalized spacial score (nSPS) is 14.2. The van der Waals surface area contributed by atoms with E-state index in [0.717, 1.165) is 11.3 Å². The number of rotatable bonds is 8. The highest BCUT2D eigenvalue weighted by molar-refractivity contribution is 5.89. The molecule has 1 heterocycles. The van der Waals surface area contributed by atoms with E-state index in [-0.39, 0.29) is 29.4 Å². The molecule has 7 nitrogen and oxygen atoms in total. The van der Waals surface area contributed by atoms with Gasteiger partial charge in [-0.2, -0.15) is 8.78 Å². The fourth-order valence-electron chi connectivity index (χ4n) is 3.61. The molecule has 0 spiro atoms. The van der Waals surface area contributed by atoms with Crippen molar-refractivity contribution in [2.24, 2.45) is 5.92 Å². The number of anilines is 1. The van der Waals surface area contributed by atoms with E-state index in [1.54, 1.807) is 17.0 Å². The molecule has 32 heavy (non-hydrogen) atoms. The molecule has 0 radical (unpaired) electrons. The van der Waals surface area contributed by atoms with Crippen LogP contribution < -0.4 is 20.1 Å². The highest BCUT2D eigenvalue weighted by atomic mass is 19.3. The van der Waals surface area contributed by atoms with Crippen molar-refractivity contribution >= 4 is 17.6 Å². The Labute approximate surface area is 185 Å². The number of nitrogens with zero attached hydrogens (tertiary/aromatic N) is 1. The van der Waals surface area contributed by atoms with Crippen LogP contribution in [0.4, 0.5) is 19.3 Å². The van der Waals surface area contributed by atoms with E-state index in [0.29, 0.717) is 38.9 Å². The standard InChI is InChI=1S/C23H27F2N3O4/c1-31-19-8-7-16(15-20(19)32-22(24)25)9-12-26-21(29)17-10-13-28(14-11-17)23(30)27-18-5-3-2-4-6-18/h2-8,15,17,22H,9-14H2,1H3,(H,26,29)(H,27,30). The first-order valence-corrected chi connectivity index (χ1v) is 10.5. The van der Waals surface area contributed by atoms with Crippen LogP contribution in [0.1, 0.15) is 18.4 Å². The summed E-state index contributed by atoms with van der Waals surface area (Å²) < 4.78 is 34.6. The predicted octanol–water partition coefficient (Wildman–Crippen LogP) is 3.90. The maximum absolute atomic E-state index is 12.6. The van der Waals surface area contributed by atoms with Gasteiger partial charge in [-0.15, -0.1) is 0 Å². The molecule has 1 aliphatic heterocycles. The second-order valence-corrected chi connectivity index (χ2v) is 7.46. The number of amides is 3. The van der Waals surface area contributed by atoms with Gasteiger partial charge < -0.3 is 25.0 Å². The third-order valence-corrected chi connectivity index (χ3v) is 5.34. The first kappa shape index (κ1) is 23.3. The number of piperidine rings is 1. The molecule has 0 saturated carbocycles. The number of para-hydroxylation sites is 1. The van der Waals surface area contributed by atoms with Gasteiger partial charge in [0.15, 0.2) is 11.5 Å². The van der Waals surface area contributed by atoms with E-state index in [9.17, 15) is 18.4 Å². The second-order valence-electron chi connectivity index (χ2n) is 7.46. The Hall–Kier alpha value is -3.36. The summed E-state index contributed by atoms with van der Waals surface area (Å²) in [6.45, 7) is -1.57. The van der Waals surface area contributed by atoms with Crippen LogP contribution in [-0.4, -0.2) is 50.2 Å². The molecule has 1 fully saturated rings. The highest BCUT2D eigenvalue weighted by Crippen LogP contribution is 2.29. The number of nitrogens with one attached hydrogen (secondary N) is 2. The van der Waals surface area contributed by atoms with Gasteiger partial charge in [-0.3, -0.25) is 4.79 Å². The monoisotopic (exact) mass is 447 g/mol. The van der Waals surface area contributed by atoms with Crippen molar-refractivity contribution in [1.82, 2.24) is 10.2 Å². The quantitative estimate of drug-likeness (QED) is 0.643. The molecule has 1 aliphatic rings. The van der Waals surface area contributed by atoms with Crippen molar-refractivity contribution in [2.75, 3.05) is 32.1 Å². The molecule has 2 N–H and O–H groups in total. The number of hydrogen-bond donors (Lipinski definition) is 2. The molecule has 0 unspecified atom stereocenters. The first-order valence-electron chi connectivity index (χ1n) is 10.5. The zero-order valence-corrected chi connectivity index (χ0v) is 17.9. The van der Waals surface area contributed by atoms with Gasteiger partial charge in [-0.1, -0.05) is 24.3 Å². The summed E-state index contributed by atoms with van der Waals surface area (Å²) in [5.74, 6) is -0.0383. The number of urea groups is 1. The average molecular weight is 447 g/mol. The SMILES string of the molecule is COc1ccc(CCNC(=O)C2CCN(C(=O)Nc3ccccc3)CC2)cc1OC(F)F. The van der Waals surface area contributed by atoms with Crippen LogP contribution in [0.2, 0.25) is 0 Å². The first-order chi connectivity index (χ1) is 15.5.